The van der Waals surface area contributed by atoms with E-state index in [0.717, 1.165) is 17.8 Å². The standard InChI is InChI=1S/C11H18N4/c1-7-4-10(15-13-6-7)14-9-5-8(12)11(9,2)3/h4,6,8-9H,5,12H2,1-3H3,(H,14,15). The van der Waals surface area contributed by atoms with Crippen LogP contribution in [0.15, 0.2) is 12.3 Å². The number of nitrogens with two attached hydrogens (primary N) is 1. The van der Waals surface area contributed by atoms with Crippen molar-refractivity contribution in [1.82, 2.24) is 10.2 Å². The zero-order valence-electron chi connectivity index (χ0n) is 9.49. The second-order valence-electron chi connectivity index (χ2n) is 4.98. The molecule has 4 nitrogen and oxygen atoms in total. The topological polar surface area (TPSA) is 63.8 Å². The van der Waals surface area contributed by atoms with E-state index < -0.39 is 0 Å². The highest BCUT2D eigenvalue weighted by atomic mass is 15.2. The van der Waals surface area contributed by atoms with Gasteiger partial charge in [0.25, 0.3) is 0 Å². The first-order valence-electron chi connectivity index (χ1n) is 5.31. The lowest BCUT2D eigenvalue weighted by molar-refractivity contribution is 0.117. The van der Waals surface area contributed by atoms with Crippen molar-refractivity contribution < 1.29 is 0 Å². The minimum Gasteiger partial charge on any atom is -0.365 e. The summed E-state index contributed by atoms with van der Waals surface area (Å²) in [6, 6.07) is 2.70. The van der Waals surface area contributed by atoms with Crippen LogP contribution in [0.4, 0.5) is 5.82 Å². The molecule has 0 amide bonds. The van der Waals surface area contributed by atoms with Crippen LogP contribution in [0.5, 0.6) is 0 Å². The average molecular weight is 206 g/mol. The molecule has 82 valence electrons. The Bertz CT molecular complexity index is 361. The minimum absolute atomic E-state index is 0.144. The van der Waals surface area contributed by atoms with Gasteiger partial charge in [-0.3, -0.25) is 0 Å². The lowest BCUT2D eigenvalue weighted by Crippen LogP contribution is -2.61. The number of nitrogens with one attached hydrogen (secondary N) is 1. The van der Waals surface area contributed by atoms with Crippen molar-refractivity contribution in [3.8, 4) is 0 Å². The van der Waals surface area contributed by atoms with Gasteiger partial charge in [-0.1, -0.05) is 13.8 Å². The molecule has 15 heavy (non-hydrogen) atoms. The monoisotopic (exact) mass is 206 g/mol. The molecular formula is C11H18N4. The molecule has 0 saturated heterocycles. The van der Waals surface area contributed by atoms with Crippen LogP contribution in [0.2, 0.25) is 0 Å². The molecule has 1 saturated carbocycles. The van der Waals surface area contributed by atoms with Crippen molar-refractivity contribution in [2.75, 3.05) is 5.32 Å². The van der Waals surface area contributed by atoms with Gasteiger partial charge in [-0.05, 0) is 25.0 Å². The lowest BCUT2D eigenvalue weighted by Gasteiger charge is -2.50. The van der Waals surface area contributed by atoms with Gasteiger partial charge in [0.05, 0.1) is 6.20 Å². The molecule has 2 atom stereocenters. The number of aryl methyl sites for hydroxylation is 1. The molecule has 2 rings (SSSR count). The maximum atomic E-state index is 5.95. The molecule has 2 unspecified atom stereocenters. The van der Waals surface area contributed by atoms with Crippen LogP contribution in [0.1, 0.15) is 25.8 Å². The Labute approximate surface area is 90.3 Å². The highest BCUT2D eigenvalue weighted by Crippen LogP contribution is 2.40. The van der Waals surface area contributed by atoms with Crippen molar-refractivity contribution in [1.29, 1.82) is 0 Å². The average Bonchev–Trinajstić information content (AvgIpc) is 2.17. The van der Waals surface area contributed by atoms with Gasteiger partial charge in [-0.2, -0.15) is 5.10 Å². The van der Waals surface area contributed by atoms with E-state index in [4.69, 9.17) is 5.73 Å². The number of rotatable bonds is 2. The fraction of sp³-hybridized carbons (Fsp3) is 0.636. The highest BCUT2D eigenvalue weighted by Gasteiger charge is 2.46. The van der Waals surface area contributed by atoms with E-state index in [0.29, 0.717) is 6.04 Å². The molecule has 1 fully saturated rings. The molecular weight excluding hydrogens is 188 g/mol. The number of nitrogens with zero attached hydrogens (tertiary/aromatic N) is 2. The molecule has 4 heteroatoms. The largest absolute Gasteiger partial charge is 0.365 e. The molecule has 0 radical (unpaired) electrons. The van der Waals surface area contributed by atoms with E-state index in [1.54, 1.807) is 6.20 Å². The van der Waals surface area contributed by atoms with Crippen LogP contribution in [0.3, 0.4) is 0 Å². The van der Waals surface area contributed by atoms with E-state index in [1.165, 1.54) is 0 Å². The normalized spacial score (nSPS) is 28.3. The van der Waals surface area contributed by atoms with Gasteiger partial charge in [0.1, 0.15) is 5.82 Å². The van der Waals surface area contributed by atoms with E-state index in [1.807, 2.05) is 13.0 Å². The number of hydrogen-bond donors (Lipinski definition) is 2. The molecule has 0 aliphatic heterocycles. The summed E-state index contributed by atoms with van der Waals surface area (Å²) in [5.41, 5.74) is 7.22. The summed E-state index contributed by atoms with van der Waals surface area (Å²) in [5, 5.41) is 11.4. The zero-order valence-corrected chi connectivity index (χ0v) is 9.49. The summed E-state index contributed by atoms with van der Waals surface area (Å²) in [6.07, 6.45) is 2.76. The van der Waals surface area contributed by atoms with Gasteiger partial charge >= 0.3 is 0 Å². The SMILES string of the molecule is Cc1cnnc(NC2CC(N)C2(C)C)c1. The maximum absolute atomic E-state index is 5.95. The summed E-state index contributed by atoms with van der Waals surface area (Å²) in [5.74, 6) is 0.847. The quantitative estimate of drug-likeness (QED) is 0.766. The molecule has 1 aromatic heterocycles. The van der Waals surface area contributed by atoms with Gasteiger partial charge in [-0.15, -0.1) is 5.10 Å². The molecule has 1 aliphatic carbocycles. The fourth-order valence-electron chi connectivity index (χ4n) is 1.92. The smallest absolute Gasteiger partial charge is 0.149 e. The molecule has 1 aliphatic rings. The number of aromatic nitrogens is 2. The van der Waals surface area contributed by atoms with Gasteiger partial charge in [0.15, 0.2) is 0 Å². The first-order valence-corrected chi connectivity index (χ1v) is 5.31. The van der Waals surface area contributed by atoms with Crippen molar-refractivity contribution in [2.45, 2.75) is 39.3 Å². The van der Waals surface area contributed by atoms with Gasteiger partial charge in [-0.25, -0.2) is 0 Å². The summed E-state index contributed by atoms with van der Waals surface area (Å²) in [7, 11) is 0. The second kappa shape index (κ2) is 3.45. The van der Waals surface area contributed by atoms with Crippen LogP contribution in [-0.2, 0) is 0 Å². The summed E-state index contributed by atoms with van der Waals surface area (Å²) in [6.45, 7) is 6.38. The maximum Gasteiger partial charge on any atom is 0.149 e. The summed E-state index contributed by atoms with van der Waals surface area (Å²) in [4.78, 5) is 0. The third-order valence-corrected chi connectivity index (χ3v) is 3.46. The first-order chi connectivity index (χ1) is 7.00. The predicted molar refractivity (Wildman–Crippen MR) is 60.6 cm³/mol. The van der Waals surface area contributed by atoms with Crippen LogP contribution >= 0.6 is 0 Å². The van der Waals surface area contributed by atoms with E-state index >= 15 is 0 Å². The Balaban J connectivity index is 2.05. The molecule has 0 bridgehead atoms. The third kappa shape index (κ3) is 1.81. The fourth-order valence-corrected chi connectivity index (χ4v) is 1.92. The Morgan fingerprint density at radius 2 is 2.27 bits per heavy atom. The molecule has 3 N–H and O–H groups in total. The molecule has 1 aromatic rings. The van der Waals surface area contributed by atoms with Gasteiger partial charge < -0.3 is 11.1 Å². The van der Waals surface area contributed by atoms with Crippen LogP contribution < -0.4 is 11.1 Å². The van der Waals surface area contributed by atoms with E-state index in [9.17, 15) is 0 Å². The van der Waals surface area contributed by atoms with Crippen molar-refractivity contribution in [3.05, 3.63) is 17.8 Å². The molecule has 0 aromatic carbocycles. The van der Waals surface area contributed by atoms with E-state index in [-0.39, 0.29) is 11.5 Å². The third-order valence-electron chi connectivity index (χ3n) is 3.46. The zero-order chi connectivity index (χ0) is 11.1. The Morgan fingerprint density at radius 1 is 1.53 bits per heavy atom. The Kier molecular flexibility index (Phi) is 2.38. The van der Waals surface area contributed by atoms with Crippen LogP contribution in [0.25, 0.3) is 0 Å². The van der Waals surface area contributed by atoms with E-state index in [2.05, 4.69) is 29.4 Å². The number of hydrogen-bond acceptors (Lipinski definition) is 4. The van der Waals surface area contributed by atoms with Gasteiger partial charge in [0.2, 0.25) is 0 Å². The Morgan fingerprint density at radius 3 is 2.80 bits per heavy atom. The second-order valence-corrected chi connectivity index (χ2v) is 4.98. The predicted octanol–water partition coefficient (Wildman–Crippen LogP) is 1.32. The summed E-state index contributed by atoms with van der Waals surface area (Å²) < 4.78 is 0. The minimum atomic E-state index is 0.144. The molecule has 1 heterocycles. The van der Waals surface area contributed by atoms with Crippen molar-refractivity contribution in [3.63, 3.8) is 0 Å². The first kappa shape index (κ1) is 10.4. The number of anilines is 1. The van der Waals surface area contributed by atoms with Crippen LogP contribution in [-0.4, -0.2) is 22.3 Å². The van der Waals surface area contributed by atoms with Crippen molar-refractivity contribution in [2.24, 2.45) is 11.1 Å². The highest BCUT2D eigenvalue weighted by molar-refractivity contribution is 5.38. The van der Waals surface area contributed by atoms with Crippen LogP contribution in [0, 0.1) is 12.3 Å². The van der Waals surface area contributed by atoms with Crippen molar-refractivity contribution >= 4 is 5.82 Å². The lowest BCUT2D eigenvalue weighted by atomic mass is 9.63. The van der Waals surface area contributed by atoms with Gasteiger partial charge in [0, 0.05) is 17.5 Å². The molecule has 0 spiro atoms. The Hall–Kier alpha value is -1.16. The summed E-state index contributed by atoms with van der Waals surface area (Å²) >= 11 is 0.